The lowest BCUT2D eigenvalue weighted by atomic mass is 9.87. The second-order valence-electron chi connectivity index (χ2n) is 5.83. The molecule has 0 N–H and O–H groups in total. The van der Waals surface area contributed by atoms with Gasteiger partial charge in [0.2, 0.25) is 0 Å². The van der Waals surface area contributed by atoms with Gasteiger partial charge < -0.3 is 18.9 Å². The lowest BCUT2D eigenvalue weighted by molar-refractivity contribution is 0.0223. The first-order chi connectivity index (χ1) is 9.57. The number of fused-ring (bicyclic) bond motifs is 1. The van der Waals surface area contributed by atoms with Crippen molar-refractivity contribution in [1.82, 2.24) is 0 Å². The maximum absolute atomic E-state index is 5.81. The number of hydrogen-bond acceptors (Lipinski definition) is 4. The molecule has 1 aliphatic heterocycles. The molecule has 1 aliphatic rings. The van der Waals surface area contributed by atoms with E-state index in [1.165, 1.54) is 5.56 Å². The van der Waals surface area contributed by atoms with Crippen LogP contribution < -0.4 is 9.47 Å². The Hall–Kier alpha value is -1.26. The van der Waals surface area contributed by atoms with Crippen LogP contribution in [0.3, 0.4) is 0 Å². The third-order valence-corrected chi connectivity index (χ3v) is 3.15. The van der Waals surface area contributed by atoms with Gasteiger partial charge in [-0.1, -0.05) is 26.8 Å². The lowest BCUT2D eigenvalue weighted by Gasteiger charge is -2.22. The highest BCUT2D eigenvalue weighted by Crippen LogP contribution is 2.33. The smallest absolute Gasteiger partial charge is 0.161 e. The maximum Gasteiger partial charge on any atom is 0.161 e. The van der Waals surface area contributed by atoms with Gasteiger partial charge in [0.15, 0.2) is 11.5 Å². The van der Waals surface area contributed by atoms with Crippen molar-refractivity contribution >= 4 is 0 Å². The molecule has 4 heteroatoms. The van der Waals surface area contributed by atoms with E-state index in [-0.39, 0.29) is 5.41 Å². The molecule has 0 atom stereocenters. The zero-order valence-electron chi connectivity index (χ0n) is 12.6. The van der Waals surface area contributed by atoms with Gasteiger partial charge in [0, 0.05) is 0 Å². The molecule has 1 heterocycles. The Morgan fingerprint density at radius 3 is 1.90 bits per heavy atom. The normalized spacial score (nSPS) is 17.9. The summed E-state index contributed by atoms with van der Waals surface area (Å²) < 4.78 is 22.4. The summed E-state index contributed by atoms with van der Waals surface area (Å²) in [6.07, 6.45) is 0. The topological polar surface area (TPSA) is 36.9 Å². The molecule has 112 valence electrons. The predicted octanol–water partition coefficient (Wildman–Crippen LogP) is 2.79. The molecule has 0 spiro atoms. The first-order valence-electron chi connectivity index (χ1n) is 7.13. The highest BCUT2D eigenvalue weighted by Gasteiger charge is 2.17. The van der Waals surface area contributed by atoms with Crippen molar-refractivity contribution in [2.75, 3.05) is 39.6 Å². The molecule has 1 aromatic rings. The van der Waals surface area contributed by atoms with Crippen LogP contribution in [0.5, 0.6) is 11.5 Å². The summed E-state index contributed by atoms with van der Waals surface area (Å²) in [4.78, 5) is 0. The summed E-state index contributed by atoms with van der Waals surface area (Å²) in [7, 11) is 0. The Morgan fingerprint density at radius 1 is 0.750 bits per heavy atom. The van der Waals surface area contributed by atoms with Gasteiger partial charge in [-0.3, -0.25) is 0 Å². The van der Waals surface area contributed by atoms with Crippen LogP contribution in [0.15, 0.2) is 18.2 Å². The Labute approximate surface area is 121 Å². The molecule has 0 fully saturated rings. The van der Waals surface area contributed by atoms with Crippen molar-refractivity contribution in [2.24, 2.45) is 0 Å². The zero-order chi connectivity index (χ0) is 14.4. The van der Waals surface area contributed by atoms with Gasteiger partial charge in [0.05, 0.1) is 26.4 Å². The van der Waals surface area contributed by atoms with Crippen LogP contribution in [0, 0.1) is 0 Å². The minimum absolute atomic E-state index is 0.0850. The molecule has 0 saturated heterocycles. The monoisotopic (exact) mass is 280 g/mol. The van der Waals surface area contributed by atoms with Gasteiger partial charge >= 0.3 is 0 Å². The van der Waals surface area contributed by atoms with Crippen LogP contribution in [0.4, 0.5) is 0 Å². The third-order valence-electron chi connectivity index (χ3n) is 3.15. The zero-order valence-corrected chi connectivity index (χ0v) is 12.6. The molecule has 0 bridgehead atoms. The van der Waals surface area contributed by atoms with E-state index in [1.807, 2.05) is 6.07 Å². The Morgan fingerprint density at radius 2 is 1.30 bits per heavy atom. The minimum atomic E-state index is 0.0850. The van der Waals surface area contributed by atoms with Gasteiger partial charge in [-0.2, -0.15) is 0 Å². The lowest BCUT2D eigenvalue weighted by Crippen LogP contribution is -2.16. The second-order valence-corrected chi connectivity index (χ2v) is 5.83. The first kappa shape index (κ1) is 15.1. The summed E-state index contributed by atoms with van der Waals surface area (Å²) in [6.45, 7) is 9.89. The van der Waals surface area contributed by atoms with Crippen LogP contribution in [0.1, 0.15) is 26.3 Å². The minimum Gasteiger partial charge on any atom is -0.487 e. The average Bonchev–Trinajstić information content (AvgIpc) is 2.38. The Balaban J connectivity index is 2.16. The number of ether oxygens (including phenoxy) is 4. The highest BCUT2D eigenvalue weighted by atomic mass is 16.6. The molecule has 20 heavy (non-hydrogen) atoms. The van der Waals surface area contributed by atoms with Crippen molar-refractivity contribution in [3.8, 4) is 11.5 Å². The van der Waals surface area contributed by atoms with Crippen LogP contribution >= 0.6 is 0 Å². The largest absolute Gasteiger partial charge is 0.487 e. The van der Waals surface area contributed by atoms with Crippen LogP contribution in [-0.4, -0.2) is 39.6 Å². The van der Waals surface area contributed by atoms with E-state index in [4.69, 9.17) is 18.9 Å². The first-order valence-corrected chi connectivity index (χ1v) is 7.13. The number of benzene rings is 1. The van der Waals surface area contributed by atoms with E-state index in [1.54, 1.807) is 0 Å². The fourth-order valence-corrected chi connectivity index (χ4v) is 1.95. The fraction of sp³-hybridized carbons (Fsp3) is 0.625. The summed E-state index contributed by atoms with van der Waals surface area (Å²) in [5, 5.41) is 0. The van der Waals surface area contributed by atoms with Gasteiger partial charge in [-0.05, 0) is 23.1 Å². The summed E-state index contributed by atoms with van der Waals surface area (Å²) >= 11 is 0. The SMILES string of the molecule is CC(C)(C)c1ccc2c(c1)OCCOCCOCCO2. The van der Waals surface area contributed by atoms with Gasteiger partial charge in [-0.15, -0.1) is 0 Å². The van der Waals surface area contributed by atoms with E-state index in [2.05, 4.69) is 32.9 Å². The average molecular weight is 280 g/mol. The van der Waals surface area contributed by atoms with Gasteiger partial charge in [-0.25, -0.2) is 0 Å². The predicted molar refractivity (Wildman–Crippen MR) is 77.8 cm³/mol. The second kappa shape index (κ2) is 6.95. The van der Waals surface area contributed by atoms with E-state index >= 15 is 0 Å². The number of hydrogen-bond donors (Lipinski definition) is 0. The molecule has 0 aromatic heterocycles. The fourth-order valence-electron chi connectivity index (χ4n) is 1.95. The Bertz CT molecular complexity index is 423. The van der Waals surface area contributed by atoms with E-state index in [0.717, 1.165) is 11.5 Å². The van der Waals surface area contributed by atoms with Crippen LogP contribution in [0.2, 0.25) is 0 Å². The molecule has 0 unspecified atom stereocenters. The molecule has 4 nitrogen and oxygen atoms in total. The summed E-state index contributed by atoms with van der Waals surface area (Å²) in [5.74, 6) is 1.55. The van der Waals surface area contributed by atoms with Crippen LogP contribution in [-0.2, 0) is 14.9 Å². The molecule has 0 amide bonds. The maximum atomic E-state index is 5.81. The van der Waals surface area contributed by atoms with Crippen molar-refractivity contribution in [3.05, 3.63) is 23.8 Å². The summed E-state index contributed by atoms with van der Waals surface area (Å²) in [5.41, 5.74) is 1.31. The van der Waals surface area contributed by atoms with E-state index in [9.17, 15) is 0 Å². The number of rotatable bonds is 0. The molecule has 0 saturated carbocycles. The van der Waals surface area contributed by atoms with Crippen molar-refractivity contribution in [1.29, 1.82) is 0 Å². The van der Waals surface area contributed by atoms with Crippen molar-refractivity contribution in [3.63, 3.8) is 0 Å². The molecule has 0 aliphatic carbocycles. The Kier molecular flexibility index (Phi) is 5.26. The van der Waals surface area contributed by atoms with E-state index < -0.39 is 0 Å². The van der Waals surface area contributed by atoms with Crippen molar-refractivity contribution in [2.45, 2.75) is 26.2 Å². The molecule has 2 rings (SSSR count). The standard InChI is InChI=1S/C16H24O4/c1-16(2,3)13-4-5-14-15(12-13)20-11-9-18-7-6-17-8-10-19-14/h4-5,12H,6-11H2,1-3H3. The third kappa shape index (κ3) is 4.39. The quantitative estimate of drug-likeness (QED) is 0.732. The van der Waals surface area contributed by atoms with Gasteiger partial charge in [0.25, 0.3) is 0 Å². The molecule has 0 radical (unpaired) electrons. The highest BCUT2D eigenvalue weighted by molar-refractivity contribution is 5.44. The molecular weight excluding hydrogens is 256 g/mol. The molecule has 1 aromatic carbocycles. The summed E-state index contributed by atoms with van der Waals surface area (Å²) in [6, 6.07) is 6.12. The van der Waals surface area contributed by atoms with Crippen LogP contribution in [0.25, 0.3) is 0 Å². The van der Waals surface area contributed by atoms with E-state index in [0.29, 0.717) is 39.6 Å². The van der Waals surface area contributed by atoms with Gasteiger partial charge in [0.1, 0.15) is 13.2 Å². The molecular formula is C16H24O4. The van der Waals surface area contributed by atoms with Crippen molar-refractivity contribution < 1.29 is 18.9 Å².